The first-order valence-electron chi connectivity index (χ1n) is 3.76. The third-order valence-electron chi connectivity index (χ3n) is 1.99. The minimum Gasteiger partial charge on any atom is -0.323 e. The average Bonchev–Trinajstić information content (AvgIpc) is 2.32. The van der Waals surface area contributed by atoms with Crippen LogP contribution in [0.2, 0.25) is 0 Å². The Labute approximate surface area is 71.0 Å². The molecule has 0 aliphatic carbocycles. The van der Waals surface area contributed by atoms with Crippen LogP contribution in [0, 0.1) is 6.92 Å². The fourth-order valence-electron chi connectivity index (χ4n) is 1.34. The summed E-state index contributed by atoms with van der Waals surface area (Å²) in [6.45, 7) is 2.12. The van der Waals surface area contributed by atoms with Gasteiger partial charge in [0.15, 0.2) is 0 Å². The molecule has 0 saturated heterocycles. The molecule has 0 bridgehead atoms. The Morgan fingerprint density at radius 2 is 2.36 bits per heavy atom. The van der Waals surface area contributed by atoms with Crippen LogP contribution in [0.15, 0.2) is 23.1 Å². The van der Waals surface area contributed by atoms with Crippen LogP contribution >= 0.6 is 11.8 Å². The normalized spacial score (nSPS) is 21.8. The van der Waals surface area contributed by atoms with Crippen molar-refractivity contribution in [2.24, 2.45) is 5.73 Å². The quantitative estimate of drug-likeness (QED) is 0.637. The van der Waals surface area contributed by atoms with E-state index in [4.69, 9.17) is 5.73 Å². The summed E-state index contributed by atoms with van der Waals surface area (Å²) in [4.78, 5) is 1.37. The molecule has 11 heavy (non-hydrogen) atoms. The summed E-state index contributed by atoms with van der Waals surface area (Å²) in [7, 11) is 0. The van der Waals surface area contributed by atoms with Gasteiger partial charge >= 0.3 is 0 Å². The van der Waals surface area contributed by atoms with E-state index in [1.54, 1.807) is 0 Å². The minimum atomic E-state index is 0.260. The lowest BCUT2D eigenvalue weighted by Gasteiger charge is -2.02. The molecule has 0 saturated carbocycles. The van der Waals surface area contributed by atoms with E-state index < -0.39 is 0 Å². The van der Waals surface area contributed by atoms with Crippen LogP contribution in [0.4, 0.5) is 0 Å². The number of aryl methyl sites for hydroxylation is 1. The molecule has 2 N–H and O–H groups in total. The lowest BCUT2D eigenvalue weighted by Crippen LogP contribution is -2.07. The SMILES string of the molecule is Cc1ccc2c(c1)SCC2N. The van der Waals surface area contributed by atoms with E-state index in [-0.39, 0.29) is 6.04 Å². The van der Waals surface area contributed by atoms with Gasteiger partial charge < -0.3 is 5.73 Å². The zero-order valence-corrected chi connectivity index (χ0v) is 7.32. The number of hydrogen-bond donors (Lipinski definition) is 1. The highest BCUT2D eigenvalue weighted by Gasteiger charge is 2.18. The minimum absolute atomic E-state index is 0.260. The van der Waals surface area contributed by atoms with Crippen LogP contribution in [0.5, 0.6) is 0 Å². The van der Waals surface area contributed by atoms with Crippen molar-refractivity contribution in [3.8, 4) is 0 Å². The van der Waals surface area contributed by atoms with Gasteiger partial charge in [0.2, 0.25) is 0 Å². The maximum atomic E-state index is 5.88. The van der Waals surface area contributed by atoms with Crippen LogP contribution in [0.1, 0.15) is 17.2 Å². The molecule has 1 nitrogen and oxygen atoms in total. The zero-order chi connectivity index (χ0) is 7.84. The van der Waals surface area contributed by atoms with Gasteiger partial charge in [0.25, 0.3) is 0 Å². The molecule has 1 unspecified atom stereocenters. The van der Waals surface area contributed by atoms with E-state index in [0.717, 1.165) is 5.75 Å². The lowest BCUT2D eigenvalue weighted by atomic mass is 10.1. The van der Waals surface area contributed by atoms with Crippen LogP contribution in [-0.2, 0) is 0 Å². The molecule has 2 rings (SSSR count). The smallest absolute Gasteiger partial charge is 0.0401 e. The van der Waals surface area contributed by atoms with E-state index >= 15 is 0 Å². The first-order chi connectivity index (χ1) is 5.27. The van der Waals surface area contributed by atoms with Crippen molar-refractivity contribution in [3.63, 3.8) is 0 Å². The Morgan fingerprint density at radius 3 is 3.18 bits per heavy atom. The highest BCUT2D eigenvalue weighted by atomic mass is 32.2. The summed E-state index contributed by atoms with van der Waals surface area (Å²) in [5.74, 6) is 1.04. The molecule has 1 heterocycles. The van der Waals surface area contributed by atoms with Crippen LogP contribution < -0.4 is 5.73 Å². The van der Waals surface area contributed by atoms with Gasteiger partial charge in [0, 0.05) is 16.7 Å². The number of nitrogens with two attached hydrogens (primary N) is 1. The molecular formula is C9H11NS. The second kappa shape index (κ2) is 2.54. The predicted molar refractivity (Wildman–Crippen MR) is 48.8 cm³/mol. The predicted octanol–water partition coefficient (Wildman–Crippen LogP) is 2.10. The summed E-state index contributed by atoms with van der Waals surface area (Å²) in [6.07, 6.45) is 0. The number of rotatable bonds is 0. The second-order valence-corrected chi connectivity index (χ2v) is 4.02. The van der Waals surface area contributed by atoms with Gasteiger partial charge in [-0.25, -0.2) is 0 Å². The Balaban J connectivity index is 2.50. The maximum Gasteiger partial charge on any atom is 0.0401 e. The molecule has 1 aromatic rings. The van der Waals surface area contributed by atoms with E-state index in [1.165, 1.54) is 16.0 Å². The Morgan fingerprint density at radius 1 is 1.55 bits per heavy atom. The van der Waals surface area contributed by atoms with E-state index in [0.29, 0.717) is 0 Å². The molecule has 1 aromatic carbocycles. The van der Waals surface area contributed by atoms with E-state index in [9.17, 15) is 0 Å². The zero-order valence-electron chi connectivity index (χ0n) is 6.50. The third-order valence-corrected chi connectivity index (χ3v) is 3.18. The highest BCUT2D eigenvalue weighted by molar-refractivity contribution is 7.99. The number of fused-ring (bicyclic) bond motifs is 1. The van der Waals surface area contributed by atoms with Crippen molar-refractivity contribution < 1.29 is 0 Å². The van der Waals surface area contributed by atoms with Crippen LogP contribution in [0.3, 0.4) is 0 Å². The van der Waals surface area contributed by atoms with Crippen LogP contribution in [-0.4, -0.2) is 5.75 Å². The van der Waals surface area contributed by atoms with E-state index in [1.807, 2.05) is 11.8 Å². The second-order valence-electron chi connectivity index (χ2n) is 2.96. The van der Waals surface area contributed by atoms with E-state index in [2.05, 4.69) is 25.1 Å². The standard InChI is InChI=1S/C9H11NS/c1-6-2-3-7-8(10)5-11-9(7)4-6/h2-4,8H,5,10H2,1H3. The molecule has 0 aromatic heterocycles. The monoisotopic (exact) mass is 165 g/mol. The molecular weight excluding hydrogens is 154 g/mol. The molecule has 0 amide bonds. The molecule has 0 fully saturated rings. The third kappa shape index (κ3) is 1.17. The number of hydrogen-bond acceptors (Lipinski definition) is 2. The molecule has 58 valence electrons. The summed E-state index contributed by atoms with van der Waals surface area (Å²) >= 11 is 1.87. The van der Waals surface area contributed by atoms with Crippen molar-refractivity contribution in [2.75, 3.05) is 5.75 Å². The Bertz CT molecular complexity index is 283. The van der Waals surface area contributed by atoms with Crippen LogP contribution in [0.25, 0.3) is 0 Å². The molecule has 1 aliphatic heterocycles. The number of thioether (sulfide) groups is 1. The maximum absolute atomic E-state index is 5.88. The van der Waals surface area contributed by atoms with Gasteiger partial charge in [-0.3, -0.25) is 0 Å². The summed E-state index contributed by atoms with van der Waals surface area (Å²) in [6, 6.07) is 6.75. The molecule has 0 spiro atoms. The Hall–Kier alpha value is -0.470. The van der Waals surface area contributed by atoms with Crippen molar-refractivity contribution in [1.29, 1.82) is 0 Å². The molecule has 1 atom stereocenters. The van der Waals surface area contributed by atoms with Crippen molar-refractivity contribution in [1.82, 2.24) is 0 Å². The van der Waals surface area contributed by atoms with Crippen molar-refractivity contribution in [2.45, 2.75) is 17.9 Å². The first kappa shape index (κ1) is 7.19. The van der Waals surface area contributed by atoms with Gasteiger partial charge in [-0.15, -0.1) is 11.8 Å². The van der Waals surface area contributed by atoms with Gasteiger partial charge in [-0.1, -0.05) is 12.1 Å². The first-order valence-corrected chi connectivity index (χ1v) is 4.75. The van der Waals surface area contributed by atoms with Crippen molar-refractivity contribution >= 4 is 11.8 Å². The summed E-state index contributed by atoms with van der Waals surface area (Å²) < 4.78 is 0. The van der Waals surface area contributed by atoms with Gasteiger partial charge in [0.05, 0.1) is 0 Å². The summed E-state index contributed by atoms with van der Waals surface area (Å²) in [5.41, 5.74) is 8.52. The average molecular weight is 165 g/mol. The topological polar surface area (TPSA) is 26.0 Å². The van der Waals surface area contributed by atoms with Gasteiger partial charge in [-0.2, -0.15) is 0 Å². The molecule has 2 heteroatoms. The number of benzene rings is 1. The Kier molecular flexibility index (Phi) is 1.66. The molecule has 0 radical (unpaired) electrons. The lowest BCUT2D eigenvalue weighted by molar-refractivity contribution is 0.833. The largest absolute Gasteiger partial charge is 0.323 e. The summed E-state index contributed by atoms with van der Waals surface area (Å²) in [5, 5.41) is 0. The fraction of sp³-hybridized carbons (Fsp3) is 0.333. The molecule has 1 aliphatic rings. The fourth-order valence-corrected chi connectivity index (χ4v) is 2.54. The van der Waals surface area contributed by atoms with Crippen molar-refractivity contribution in [3.05, 3.63) is 29.3 Å². The van der Waals surface area contributed by atoms with Gasteiger partial charge in [-0.05, 0) is 24.1 Å². The highest BCUT2D eigenvalue weighted by Crippen LogP contribution is 2.36. The van der Waals surface area contributed by atoms with Gasteiger partial charge in [0.1, 0.15) is 0 Å².